The van der Waals surface area contributed by atoms with E-state index in [4.69, 9.17) is 9.47 Å². The summed E-state index contributed by atoms with van der Waals surface area (Å²) < 4.78 is 23.1. The quantitative estimate of drug-likeness (QED) is 0.407. The molecule has 120 valence electrons. The number of carbonyl (C=O) groups is 1. The fourth-order valence-corrected chi connectivity index (χ4v) is 2.40. The number of alkyl halides is 1. The molecule has 2 aromatic carbocycles. The molecule has 0 amide bonds. The molecule has 0 bridgehead atoms. The van der Waals surface area contributed by atoms with Crippen molar-refractivity contribution < 1.29 is 18.7 Å². The molecule has 0 aliphatic rings. The number of hydrogen-bond donors (Lipinski definition) is 0. The number of hydrogen-bond acceptors (Lipinski definition) is 3. The zero-order valence-electron chi connectivity index (χ0n) is 12.6. The van der Waals surface area contributed by atoms with Gasteiger partial charge in [0, 0.05) is 6.92 Å². The Hall–Kier alpha value is -2.14. The van der Waals surface area contributed by atoms with Gasteiger partial charge in [-0.1, -0.05) is 30.4 Å². The molecular weight excluding hydrogens is 363 g/mol. The van der Waals surface area contributed by atoms with Gasteiger partial charge in [-0.3, -0.25) is 4.79 Å². The summed E-state index contributed by atoms with van der Waals surface area (Å²) in [7, 11) is 0. The maximum Gasteiger partial charge on any atom is 0.308 e. The first kappa shape index (κ1) is 17.2. The van der Waals surface area contributed by atoms with Gasteiger partial charge in [-0.2, -0.15) is 0 Å². The fourth-order valence-electron chi connectivity index (χ4n) is 1.89. The lowest BCUT2D eigenvalue weighted by atomic mass is 10.1. The van der Waals surface area contributed by atoms with Crippen molar-refractivity contribution >= 4 is 34.1 Å². The first-order valence-corrected chi connectivity index (χ1v) is 7.82. The average molecular weight is 379 g/mol. The van der Waals surface area contributed by atoms with Gasteiger partial charge in [0.15, 0.2) is 0 Å². The third kappa shape index (κ3) is 5.53. The van der Waals surface area contributed by atoms with Crippen LogP contribution in [-0.4, -0.2) is 19.3 Å². The second-order valence-electron chi connectivity index (χ2n) is 4.72. The Balaban J connectivity index is 2.04. The second kappa shape index (κ2) is 8.48. The molecule has 0 spiro atoms. The smallest absolute Gasteiger partial charge is 0.308 e. The zero-order valence-corrected chi connectivity index (χ0v) is 14.2. The molecule has 0 saturated carbocycles. The summed E-state index contributed by atoms with van der Waals surface area (Å²) in [6, 6.07) is 12.8. The third-order valence-corrected chi connectivity index (χ3v) is 3.52. The molecule has 0 aliphatic heterocycles. The standard InChI is InChI=1S/C18H16BrFO3/c1-13(21)23-16-7-4-14(5-8-16)2-3-15-6-9-18(17(19)12-15)22-11-10-20/h2-9,12H,10-11H2,1H3/b3-2+. The molecule has 5 heteroatoms. The Morgan fingerprint density at radius 3 is 2.39 bits per heavy atom. The normalized spacial score (nSPS) is 10.7. The highest BCUT2D eigenvalue weighted by Crippen LogP contribution is 2.27. The minimum Gasteiger partial charge on any atom is -0.490 e. The van der Waals surface area contributed by atoms with Crippen molar-refractivity contribution in [2.45, 2.75) is 6.92 Å². The molecule has 23 heavy (non-hydrogen) atoms. The van der Waals surface area contributed by atoms with E-state index in [1.807, 2.05) is 36.4 Å². The second-order valence-corrected chi connectivity index (χ2v) is 5.58. The zero-order chi connectivity index (χ0) is 16.7. The fraction of sp³-hybridized carbons (Fsp3) is 0.167. The van der Waals surface area contributed by atoms with Gasteiger partial charge in [0.1, 0.15) is 24.8 Å². The van der Waals surface area contributed by atoms with E-state index in [2.05, 4.69) is 15.9 Å². The van der Waals surface area contributed by atoms with Gasteiger partial charge in [0.2, 0.25) is 0 Å². The van der Waals surface area contributed by atoms with E-state index in [9.17, 15) is 9.18 Å². The van der Waals surface area contributed by atoms with Crippen molar-refractivity contribution in [3.05, 3.63) is 58.1 Å². The van der Waals surface area contributed by atoms with E-state index in [1.54, 1.807) is 18.2 Å². The maximum absolute atomic E-state index is 12.1. The molecule has 0 aliphatic carbocycles. The van der Waals surface area contributed by atoms with Crippen LogP contribution >= 0.6 is 15.9 Å². The topological polar surface area (TPSA) is 35.5 Å². The molecule has 0 saturated heterocycles. The number of ether oxygens (including phenoxy) is 2. The summed E-state index contributed by atoms with van der Waals surface area (Å²) >= 11 is 3.41. The minimum atomic E-state index is -0.516. The van der Waals surface area contributed by atoms with Crippen molar-refractivity contribution in [2.24, 2.45) is 0 Å². The van der Waals surface area contributed by atoms with Gasteiger partial charge in [-0.25, -0.2) is 4.39 Å². The van der Waals surface area contributed by atoms with Crippen LogP contribution in [0.4, 0.5) is 4.39 Å². The lowest BCUT2D eigenvalue weighted by Crippen LogP contribution is -2.00. The number of carbonyl (C=O) groups excluding carboxylic acids is 1. The summed E-state index contributed by atoms with van der Waals surface area (Å²) in [4.78, 5) is 10.9. The molecule has 3 nitrogen and oxygen atoms in total. The summed E-state index contributed by atoms with van der Waals surface area (Å²) in [5.41, 5.74) is 1.96. The van der Waals surface area contributed by atoms with Crippen LogP contribution in [0.5, 0.6) is 11.5 Å². The third-order valence-electron chi connectivity index (χ3n) is 2.90. The molecule has 0 aromatic heterocycles. The summed E-state index contributed by atoms with van der Waals surface area (Å²) in [5, 5.41) is 0. The van der Waals surface area contributed by atoms with Gasteiger partial charge < -0.3 is 9.47 Å². The van der Waals surface area contributed by atoms with Gasteiger partial charge >= 0.3 is 5.97 Å². The van der Waals surface area contributed by atoms with Crippen LogP contribution in [0.1, 0.15) is 18.1 Å². The number of esters is 1. The molecule has 0 atom stereocenters. The summed E-state index contributed by atoms with van der Waals surface area (Å²) in [5.74, 6) is 0.797. The highest BCUT2D eigenvalue weighted by Gasteiger charge is 2.01. The first-order valence-electron chi connectivity index (χ1n) is 7.03. The molecular formula is C18H16BrFO3. The molecule has 0 N–H and O–H groups in total. The highest BCUT2D eigenvalue weighted by molar-refractivity contribution is 9.10. The van der Waals surface area contributed by atoms with E-state index >= 15 is 0 Å². The Labute approximate surface area is 142 Å². The van der Waals surface area contributed by atoms with Crippen LogP contribution in [0.3, 0.4) is 0 Å². The van der Waals surface area contributed by atoms with Crippen LogP contribution in [-0.2, 0) is 4.79 Å². The first-order chi connectivity index (χ1) is 11.1. The lowest BCUT2D eigenvalue weighted by Gasteiger charge is -2.06. The van der Waals surface area contributed by atoms with Crippen molar-refractivity contribution in [1.82, 2.24) is 0 Å². The Morgan fingerprint density at radius 2 is 1.78 bits per heavy atom. The van der Waals surface area contributed by atoms with Gasteiger partial charge in [-0.15, -0.1) is 0 Å². The van der Waals surface area contributed by atoms with E-state index in [1.165, 1.54) is 6.92 Å². The lowest BCUT2D eigenvalue weighted by molar-refractivity contribution is -0.131. The number of halogens is 2. The highest BCUT2D eigenvalue weighted by atomic mass is 79.9. The van der Waals surface area contributed by atoms with Gasteiger partial charge in [-0.05, 0) is 51.3 Å². The average Bonchev–Trinajstić information content (AvgIpc) is 2.53. The predicted molar refractivity (Wildman–Crippen MR) is 92.3 cm³/mol. The van der Waals surface area contributed by atoms with Gasteiger partial charge in [0.05, 0.1) is 4.47 Å². The summed E-state index contributed by atoms with van der Waals surface area (Å²) in [6.07, 6.45) is 3.89. The predicted octanol–water partition coefficient (Wildman–Crippen LogP) is 4.89. The molecule has 0 unspecified atom stereocenters. The monoisotopic (exact) mass is 378 g/mol. The summed E-state index contributed by atoms with van der Waals surface area (Å²) in [6.45, 7) is 0.895. The van der Waals surface area contributed by atoms with Crippen molar-refractivity contribution in [3.63, 3.8) is 0 Å². The van der Waals surface area contributed by atoms with Crippen LogP contribution in [0, 0.1) is 0 Å². The van der Waals surface area contributed by atoms with Crippen molar-refractivity contribution in [2.75, 3.05) is 13.3 Å². The maximum atomic E-state index is 12.1. The Bertz CT molecular complexity index is 696. The Morgan fingerprint density at radius 1 is 1.13 bits per heavy atom. The van der Waals surface area contributed by atoms with E-state index in [-0.39, 0.29) is 12.6 Å². The van der Waals surface area contributed by atoms with Crippen LogP contribution in [0.15, 0.2) is 46.9 Å². The molecule has 2 aromatic rings. The molecule has 2 rings (SSSR count). The molecule has 0 fully saturated rings. The van der Waals surface area contributed by atoms with E-state index < -0.39 is 6.67 Å². The minimum absolute atomic E-state index is 0.0441. The molecule has 0 heterocycles. The Kier molecular flexibility index (Phi) is 6.35. The van der Waals surface area contributed by atoms with Gasteiger partial charge in [0.25, 0.3) is 0 Å². The SMILES string of the molecule is CC(=O)Oc1ccc(/C=C/c2ccc(OCCF)c(Br)c2)cc1. The van der Waals surface area contributed by atoms with Crippen molar-refractivity contribution in [3.8, 4) is 11.5 Å². The van der Waals surface area contributed by atoms with Crippen LogP contribution < -0.4 is 9.47 Å². The molecule has 0 radical (unpaired) electrons. The number of rotatable bonds is 6. The van der Waals surface area contributed by atoms with Crippen molar-refractivity contribution in [1.29, 1.82) is 0 Å². The van der Waals surface area contributed by atoms with Crippen LogP contribution in [0.25, 0.3) is 12.2 Å². The number of benzene rings is 2. The van der Waals surface area contributed by atoms with Crippen LogP contribution in [0.2, 0.25) is 0 Å². The van der Waals surface area contributed by atoms with E-state index in [0.29, 0.717) is 11.5 Å². The largest absolute Gasteiger partial charge is 0.490 e. The van der Waals surface area contributed by atoms with E-state index in [0.717, 1.165) is 15.6 Å².